The lowest BCUT2D eigenvalue weighted by Crippen LogP contribution is -2.07. The van der Waals surface area contributed by atoms with Gasteiger partial charge in [0, 0.05) is 5.02 Å². The minimum absolute atomic E-state index is 0.0381. The monoisotopic (exact) mass is 264 g/mol. The fraction of sp³-hybridized carbons (Fsp3) is 0.364. The smallest absolute Gasteiger partial charge is 0.306 e. The fourth-order valence-corrected chi connectivity index (χ4v) is 2.17. The van der Waals surface area contributed by atoms with Crippen LogP contribution >= 0.6 is 23.2 Å². The largest absolute Gasteiger partial charge is 0.469 e. The molecule has 0 aliphatic heterocycles. The third-order valence-electron chi connectivity index (χ3n) is 2.27. The van der Waals surface area contributed by atoms with Gasteiger partial charge in [-0.1, -0.05) is 30.1 Å². The van der Waals surface area contributed by atoms with Gasteiger partial charge >= 0.3 is 5.97 Å². The molecule has 1 unspecified atom stereocenters. The third-order valence-corrected chi connectivity index (χ3v) is 2.99. The first kappa shape index (κ1) is 13.3. The first-order valence-electron chi connectivity index (χ1n) is 4.67. The van der Waals surface area contributed by atoms with Crippen LogP contribution in [0.25, 0.3) is 0 Å². The second-order valence-electron chi connectivity index (χ2n) is 3.44. The Kier molecular flexibility index (Phi) is 4.56. The van der Waals surface area contributed by atoms with E-state index in [1.54, 1.807) is 6.92 Å². The summed E-state index contributed by atoms with van der Waals surface area (Å²) in [4.78, 5) is 11.1. The van der Waals surface area contributed by atoms with Crippen LogP contribution in [-0.4, -0.2) is 13.1 Å². The molecule has 0 saturated heterocycles. The SMILES string of the molecule is COC(=O)CC(C)c1c(Cl)ccc(F)c1Cl. The van der Waals surface area contributed by atoms with Gasteiger partial charge in [-0.15, -0.1) is 0 Å². The highest BCUT2D eigenvalue weighted by Gasteiger charge is 2.19. The van der Waals surface area contributed by atoms with Gasteiger partial charge in [0.15, 0.2) is 0 Å². The van der Waals surface area contributed by atoms with Gasteiger partial charge in [0.1, 0.15) is 5.82 Å². The van der Waals surface area contributed by atoms with Crippen molar-refractivity contribution in [1.29, 1.82) is 0 Å². The molecule has 88 valence electrons. The lowest BCUT2D eigenvalue weighted by molar-refractivity contribution is -0.140. The standard InChI is InChI=1S/C11H11Cl2FO2/c1-6(5-9(15)16-2)10-7(12)3-4-8(14)11(10)13/h3-4,6H,5H2,1-2H3. The molecule has 0 spiro atoms. The maximum absolute atomic E-state index is 13.2. The van der Waals surface area contributed by atoms with E-state index in [1.165, 1.54) is 19.2 Å². The summed E-state index contributed by atoms with van der Waals surface area (Å²) in [5.74, 6) is -1.22. The minimum Gasteiger partial charge on any atom is -0.469 e. The number of ether oxygens (including phenoxy) is 1. The van der Waals surface area contributed by atoms with E-state index in [2.05, 4.69) is 4.74 Å². The molecule has 0 aromatic heterocycles. The Hall–Kier alpha value is -0.800. The molecular weight excluding hydrogens is 254 g/mol. The van der Waals surface area contributed by atoms with Gasteiger partial charge in [0.05, 0.1) is 18.6 Å². The summed E-state index contributed by atoms with van der Waals surface area (Å²) in [6.45, 7) is 1.74. The molecule has 0 N–H and O–H groups in total. The predicted molar refractivity (Wildman–Crippen MR) is 61.5 cm³/mol. The van der Waals surface area contributed by atoms with Crippen molar-refractivity contribution in [2.75, 3.05) is 7.11 Å². The highest BCUT2D eigenvalue weighted by Crippen LogP contribution is 2.35. The van der Waals surface area contributed by atoms with Crippen molar-refractivity contribution in [1.82, 2.24) is 0 Å². The fourth-order valence-electron chi connectivity index (χ4n) is 1.43. The molecule has 1 atom stereocenters. The molecule has 0 amide bonds. The molecule has 0 fully saturated rings. The molecule has 0 aliphatic rings. The number of hydrogen-bond donors (Lipinski definition) is 0. The van der Waals surface area contributed by atoms with Crippen LogP contribution in [0.5, 0.6) is 0 Å². The number of esters is 1. The number of rotatable bonds is 3. The Morgan fingerprint density at radius 1 is 1.50 bits per heavy atom. The van der Waals surface area contributed by atoms with E-state index >= 15 is 0 Å². The van der Waals surface area contributed by atoms with Gasteiger partial charge in [-0.25, -0.2) is 4.39 Å². The zero-order valence-electron chi connectivity index (χ0n) is 8.89. The van der Waals surface area contributed by atoms with E-state index in [1.807, 2.05) is 0 Å². The molecule has 1 aromatic rings. The van der Waals surface area contributed by atoms with Crippen molar-refractivity contribution in [2.45, 2.75) is 19.3 Å². The van der Waals surface area contributed by atoms with E-state index in [-0.39, 0.29) is 23.3 Å². The van der Waals surface area contributed by atoms with Crippen molar-refractivity contribution >= 4 is 29.2 Å². The summed E-state index contributed by atoms with van der Waals surface area (Å²) in [5, 5.41) is 0.312. The van der Waals surface area contributed by atoms with E-state index in [0.717, 1.165) is 0 Å². The topological polar surface area (TPSA) is 26.3 Å². The van der Waals surface area contributed by atoms with Crippen molar-refractivity contribution in [3.8, 4) is 0 Å². The summed E-state index contributed by atoms with van der Waals surface area (Å²) in [6, 6.07) is 2.62. The van der Waals surface area contributed by atoms with Gasteiger partial charge in [0.25, 0.3) is 0 Å². The molecule has 16 heavy (non-hydrogen) atoms. The number of benzene rings is 1. The first-order valence-corrected chi connectivity index (χ1v) is 5.43. The van der Waals surface area contributed by atoms with E-state index in [9.17, 15) is 9.18 Å². The maximum Gasteiger partial charge on any atom is 0.306 e. The third kappa shape index (κ3) is 2.86. The predicted octanol–water partition coefficient (Wildman–Crippen LogP) is 3.80. The molecule has 0 aliphatic carbocycles. The van der Waals surface area contributed by atoms with Crippen molar-refractivity contribution in [3.63, 3.8) is 0 Å². The van der Waals surface area contributed by atoms with Gasteiger partial charge in [0.2, 0.25) is 0 Å². The molecule has 1 rings (SSSR count). The molecule has 0 saturated carbocycles. The van der Waals surface area contributed by atoms with E-state index in [0.29, 0.717) is 10.6 Å². The molecule has 2 nitrogen and oxygen atoms in total. The molecule has 1 aromatic carbocycles. The van der Waals surface area contributed by atoms with Crippen molar-refractivity contribution < 1.29 is 13.9 Å². The average molecular weight is 265 g/mol. The average Bonchev–Trinajstić information content (AvgIpc) is 2.24. The number of methoxy groups -OCH3 is 1. The summed E-state index contributed by atoms with van der Waals surface area (Å²) in [5.41, 5.74) is 0.439. The second-order valence-corrected chi connectivity index (χ2v) is 4.22. The van der Waals surface area contributed by atoms with Crippen LogP contribution in [0.15, 0.2) is 12.1 Å². The highest BCUT2D eigenvalue weighted by atomic mass is 35.5. The Morgan fingerprint density at radius 3 is 2.69 bits per heavy atom. The highest BCUT2D eigenvalue weighted by molar-refractivity contribution is 6.36. The Labute approximate surface area is 103 Å². The van der Waals surface area contributed by atoms with Crippen LogP contribution in [0.3, 0.4) is 0 Å². The van der Waals surface area contributed by atoms with E-state index < -0.39 is 5.82 Å². The number of carbonyl (C=O) groups is 1. The summed E-state index contributed by atoms with van der Waals surface area (Å²) < 4.78 is 17.8. The Morgan fingerprint density at radius 2 is 2.12 bits per heavy atom. The van der Waals surface area contributed by atoms with Gasteiger partial charge in [-0.05, 0) is 23.6 Å². The lowest BCUT2D eigenvalue weighted by atomic mass is 9.97. The molecule has 5 heteroatoms. The summed E-state index contributed by atoms with van der Waals surface area (Å²) in [6.07, 6.45) is 0.111. The van der Waals surface area contributed by atoms with Crippen LogP contribution in [0.2, 0.25) is 10.0 Å². The van der Waals surface area contributed by atoms with Crippen LogP contribution in [0.4, 0.5) is 4.39 Å². The number of carbonyl (C=O) groups excluding carboxylic acids is 1. The van der Waals surface area contributed by atoms with Gasteiger partial charge in [-0.3, -0.25) is 4.79 Å². The molecule has 0 radical (unpaired) electrons. The molecule has 0 bridgehead atoms. The van der Waals surface area contributed by atoms with Gasteiger partial charge in [-0.2, -0.15) is 0 Å². The second kappa shape index (κ2) is 5.51. The van der Waals surface area contributed by atoms with Gasteiger partial charge < -0.3 is 4.74 Å². The van der Waals surface area contributed by atoms with Crippen molar-refractivity contribution in [3.05, 3.63) is 33.6 Å². The summed E-state index contributed by atoms with van der Waals surface area (Å²) >= 11 is 11.7. The Balaban J connectivity index is 3.03. The maximum atomic E-state index is 13.2. The van der Waals surface area contributed by atoms with E-state index in [4.69, 9.17) is 23.2 Å². The molecule has 0 heterocycles. The first-order chi connectivity index (χ1) is 7.47. The summed E-state index contributed by atoms with van der Waals surface area (Å²) in [7, 11) is 1.30. The zero-order valence-corrected chi connectivity index (χ0v) is 10.4. The quantitative estimate of drug-likeness (QED) is 0.613. The number of halogens is 3. The zero-order chi connectivity index (χ0) is 12.3. The minimum atomic E-state index is -0.544. The normalized spacial score (nSPS) is 12.3. The van der Waals surface area contributed by atoms with Crippen LogP contribution in [0, 0.1) is 5.82 Å². The lowest BCUT2D eigenvalue weighted by Gasteiger charge is -2.14. The van der Waals surface area contributed by atoms with Crippen LogP contribution in [-0.2, 0) is 9.53 Å². The van der Waals surface area contributed by atoms with Crippen LogP contribution < -0.4 is 0 Å². The van der Waals surface area contributed by atoms with Crippen LogP contribution in [0.1, 0.15) is 24.8 Å². The molecular formula is C11H11Cl2FO2. The number of hydrogen-bond acceptors (Lipinski definition) is 2. The van der Waals surface area contributed by atoms with Crippen molar-refractivity contribution in [2.24, 2.45) is 0 Å². The Bertz CT molecular complexity index is 407.